The molecule has 5 nitrogen and oxygen atoms in total. The summed E-state index contributed by atoms with van der Waals surface area (Å²) in [6, 6.07) is 5.18. The number of carbonyl (C=O) groups is 2. The predicted molar refractivity (Wildman–Crippen MR) is 78.6 cm³/mol. The zero-order valence-electron chi connectivity index (χ0n) is 12.0. The van der Waals surface area contributed by atoms with Gasteiger partial charge in [0.15, 0.2) is 0 Å². The van der Waals surface area contributed by atoms with Crippen LogP contribution >= 0.6 is 0 Å². The van der Waals surface area contributed by atoms with E-state index in [1.807, 2.05) is 13.8 Å². The molecule has 20 heavy (non-hydrogen) atoms. The molecule has 0 aliphatic heterocycles. The quantitative estimate of drug-likeness (QED) is 0.667. The minimum atomic E-state index is -0.779. The first-order valence-corrected chi connectivity index (χ1v) is 6.76. The lowest BCUT2D eigenvalue weighted by Crippen LogP contribution is -2.25. The van der Waals surface area contributed by atoms with E-state index in [-0.39, 0.29) is 18.2 Å². The molecule has 1 aromatic carbocycles. The summed E-state index contributed by atoms with van der Waals surface area (Å²) in [6.07, 6.45) is 1.57. The summed E-state index contributed by atoms with van der Waals surface area (Å²) in [5.41, 5.74) is 7.85. The lowest BCUT2D eigenvalue weighted by Gasteiger charge is -2.11. The van der Waals surface area contributed by atoms with Crippen LogP contribution in [-0.2, 0) is 4.79 Å². The Kier molecular flexibility index (Phi) is 6.03. The molecule has 0 saturated carbocycles. The minimum Gasteiger partial charge on any atom is -0.481 e. The molecule has 4 N–H and O–H groups in total. The van der Waals surface area contributed by atoms with Crippen molar-refractivity contribution in [3.63, 3.8) is 0 Å². The number of carboxylic acid groups (broad SMARTS) is 1. The number of hydrogen-bond acceptors (Lipinski definition) is 3. The third-order valence-corrected chi connectivity index (χ3v) is 3.31. The van der Waals surface area contributed by atoms with Crippen LogP contribution in [0, 0.1) is 12.8 Å². The van der Waals surface area contributed by atoms with Crippen molar-refractivity contribution in [3.05, 3.63) is 29.3 Å². The van der Waals surface area contributed by atoms with E-state index >= 15 is 0 Å². The van der Waals surface area contributed by atoms with Crippen molar-refractivity contribution >= 4 is 17.6 Å². The van der Waals surface area contributed by atoms with E-state index in [0.717, 1.165) is 12.0 Å². The number of nitrogens with two attached hydrogens (primary N) is 1. The molecule has 1 atom stereocenters. The van der Waals surface area contributed by atoms with E-state index in [4.69, 9.17) is 10.8 Å². The molecule has 1 unspecified atom stereocenters. The Labute approximate surface area is 119 Å². The molecule has 1 aromatic rings. The Hall–Kier alpha value is -2.04. The van der Waals surface area contributed by atoms with E-state index in [1.165, 1.54) is 0 Å². The number of rotatable bonds is 7. The molecule has 0 saturated heterocycles. The lowest BCUT2D eigenvalue weighted by atomic mass is 10.0. The summed E-state index contributed by atoms with van der Waals surface area (Å²) in [7, 11) is 0. The van der Waals surface area contributed by atoms with Crippen LogP contribution in [0.2, 0.25) is 0 Å². The van der Waals surface area contributed by atoms with Crippen LogP contribution in [0.25, 0.3) is 0 Å². The number of carboxylic acids is 1. The standard InChI is InChI=1S/C15H22N2O3/c1-10(3-6-14(18)19)7-8-17-15(20)12-4-5-13(16)11(2)9-12/h4-5,9-10H,3,6-8,16H2,1-2H3,(H,17,20)(H,18,19). The van der Waals surface area contributed by atoms with Crippen molar-refractivity contribution in [2.45, 2.75) is 33.1 Å². The fourth-order valence-electron chi connectivity index (χ4n) is 1.87. The second-order valence-corrected chi connectivity index (χ2v) is 5.15. The summed E-state index contributed by atoms with van der Waals surface area (Å²) in [5, 5.41) is 11.4. The van der Waals surface area contributed by atoms with Gasteiger partial charge >= 0.3 is 5.97 Å². The molecular weight excluding hydrogens is 256 g/mol. The molecule has 1 amide bonds. The molecule has 0 bridgehead atoms. The fraction of sp³-hybridized carbons (Fsp3) is 0.467. The maximum absolute atomic E-state index is 11.9. The first-order valence-electron chi connectivity index (χ1n) is 6.76. The van der Waals surface area contributed by atoms with Gasteiger partial charge in [0.25, 0.3) is 5.91 Å². The summed E-state index contributed by atoms with van der Waals surface area (Å²) in [6.45, 7) is 4.39. The number of anilines is 1. The second-order valence-electron chi connectivity index (χ2n) is 5.15. The van der Waals surface area contributed by atoms with Crippen molar-refractivity contribution in [2.75, 3.05) is 12.3 Å². The molecule has 0 aromatic heterocycles. The Morgan fingerprint density at radius 2 is 2.05 bits per heavy atom. The summed E-state index contributed by atoms with van der Waals surface area (Å²) in [5.74, 6) is -0.628. The smallest absolute Gasteiger partial charge is 0.303 e. The van der Waals surface area contributed by atoms with Gasteiger partial charge in [-0.1, -0.05) is 6.92 Å². The average Bonchev–Trinajstić information content (AvgIpc) is 2.39. The molecule has 0 radical (unpaired) electrons. The van der Waals surface area contributed by atoms with Gasteiger partial charge in [0.1, 0.15) is 0 Å². The molecular formula is C15H22N2O3. The van der Waals surface area contributed by atoms with E-state index in [9.17, 15) is 9.59 Å². The summed E-state index contributed by atoms with van der Waals surface area (Å²) >= 11 is 0. The highest BCUT2D eigenvalue weighted by Crippen LogP contribution is 2.13. The van der Waals surface area contributed by atoms with E-state index in [0.29, 0.717) is 24.2 Å². The maximum atomic E-state index is 11.9. The van der Waals surface area contributed by atoms with Crippen LogP contribution in [0.4, 0.5) is 5.69 Å². The topological polar surface area (TPSA) is 92.4 Å². The van der Waals surface area contributed by atoms with Gasteiger partial charge in [-0.05, 0) is 49.4 Å². The van der Waals surface area contributed by atoms with Crippen molar-refractivity contribution in [2.24, 2.45) is 5.92 Å². The zero-order chi connectivity index (χ0) is 15.1. The maximum Gasteiger partial charge on any atom is 0.303 e. The monoisotopic (exact) mass is 278 g/mol. The molecule has 0 aliphatic carbocycles. The van der Waals surface area contributed by atoms with Crippen molar-refractivity contribution < 1.29 is 14.7 Å². The average molecular weight is 278 g/mol. The van der Waals surface area contributed by atoms with Gasteiger partial charge in [0, 0.05) is 24.2 Å². The fourth-order valence-corrected chi connectivity index (χ4v) is 1.87. The highest BCUT2D eigenvalue weighted by atomic mass is 16.4. The van der Waals surface area contributed by atoms with Crippen LogP contribution < -0.4 is 11.1 Å². The molecule has 1 rings (SSSR count). The van der Waals surface area contributed by atoms with Crippen molar-refractivity contribution in [3.8, 4) is 0 Å². The number of nitrogen functional groups attached to an aromatic ring is 1. The second kappa shape index (κ2) is 7.53. The van der Waals surface area contributed by atoms with E-state index in [1.54, 1.807) is 18.2 Å². The summed E-state index contributed by atoms with van der Waals surface area (Å²) < 4.78 is 0. The Morgan fingerprint density at radius 3 is 2.65 bits per heavy atom. The van der Waals surface area contributed by atoms with E-state index in [2.05, 4.69) is 5.32 Å². The minimum absolute atomic E-state index is 0.126. The van der Waals surface area contributed by atoms with Gasteiger partial charge in [-0.15, -0.1) is 0 Å². The molecule has 0 heterocycles. The summed E-state index contributed by atoms with van der Waals surface area (Å²) in [4.78, 5) is 22.4. The normalized spacial score (nSPS) is 11.9. The van der Waals surface area contributed by atoms with Crippen LogP contribution in [0.3, 0.4) is 0 Å². The third-order valence-electron chi connectivity index (χ3n) is 3.31. The predicted octanol–water partition coefficient (Wildman–Crippen LogP) is 2.20. The highest BCUT2D eigenvalue weighted by molar-refractivity contribution is 5.94. The first kappa shape index (κ1) is 16.0. The Balaban J connectivity index is 2.36. The lowest BCUT2D eigenvalue weighted by molar-refractivity contribution is -0.137. The van der Waals surface area contributed by atoms with Crippen molar-refractivity contribution in [1.82, 2.24) is 5.32 Å². The molecule has 0 spiro atoms. The molecule has 110 valence electrons. The van der Waals surface area contributed by atoms with Crippen LogP contribution in [-0.4, -0.2) is 23.5 Å². The van der Waals surface area contributed by atoms with Gasteiger partial charge < -0.3 is 16.2 Å². The number of aliphatic carboxylic acids is 1. The van der Waals surface area contributed by atoms with Gasteiger partial charge in [-0.3, -0.25) is 9.59 Å². The van der Waals surface area contributed by atoms with Crippen LogP contribution in [0.1, 0.15) is 42.1 Å². The largest absolute Gasteiger partial charge is 0.481 e. The Bertz CT molecular complexity index is 486. The van der Waals surface area contributed by atoms with Gasteiger partial charge in [-0.2, -0.15) is 0 Å². The van der Waals surface area contributed by atoms with Crippen molar-refractivity contribution in [1.29, 1.82) is 0 Å². The van der Waals surface area contributed by atoms with Crippen LogP contribution in [0.15, 0.2) is 18.2 Å². The molecule has 0 aliphatic rings. The van der Waals surface area contributed by atoms with Gasteiger partial charge in [0.2, 0.25) is 0 Å². The molecule has 5 heteroatoms. The highest BCUT2D eigenvalue weighted by Gasteiger charge is 2.09. The van der Waals surface area contributed by atoms with Gasteiger partial charge in [0.05, 0.1) is 0 Å². The number of aryl methyl sites for hydroxylation is 1. The SMILES string of the molecule is Cc1cc(C(=O)NCCC(C)CCC(=O)O)ccc1N. The number of amides is 1. The van der Waals surface area contributed by atoms with E-state index < -0.39 is 5.97 Å². The zero-order valence-corrected chi connectivity index (χ0v) is 12.0. The number of hydrogen-bond donors (Lipinski definition) is 3. The Morgan fingerprint density at radius 1 is 1.35 bits per heavy atom. The number of carbonyl (C=O) groups excluding carboxylic acids is 1. The van der Waals surface area contributed by atoms with Crippen LogP contribution in [0.5, 0.6) is 0 Å². The van der Waals surface area contributed by atoms with Gasteiger partial charge in [-0.25, -0.2) is 0 Å². The first-order chi connectivity index (χ1) is 9.40. The third kappa shape index (κ3) is 5.30. The number of nitrogens with one attached hydrogen (secondary N) is 1. The molecule has 0 fully saturated rings. The number of benzene rings is 1.